The molecule has 0 aromatic heterocycles. The van der Waals surface area contributed by atoms with Gasteiger partial charge in [0, 0.05) is 13.1 Å². The van der Waals surface area contributed by atoms with Crippen LogP contribution in [0.25, 0.3) is 0 Å². The summed E-state index contributed by atoms with van der Waals surface area (Å²) in [5, 5.41) is 2.89. The second kappa shape index (κ2) is 16.0. The van der Waals surface area contributed by atoms with E-state index in [4.69, 9.17) is 5.73 Å². The number of rotatable bonds is 4. The Balaban J connectivity index is 0. The third-order valence-corrected chi connectivity index (χ3v) is 1.10. The third kappa shape index (κ3) is 24.7. The van der Waals surface area contributed by atoms with Gasteiger partial charge in [-0.2, -0.15) is 0 Å². The molecule has 0 bridgehead atoms. The lowest BCUT2D eigenvalue weighted by molar-refractivity contribution is 0.772. The predicted molar refractivity (Wildman–Crippen MR) is 48.2 cm³/mol. The summed E-state index contributed by atoms with van der Waals surface area (Å²) in [7, 11) is 1.88. The first-order valence-corrected chi connectivity index (χ1v) is 4.18. The van der Waals surface area contributed by atoms with E-state index in [9.17, 15) is 0 Å². The van der Waals surface area contributed by atoms with E-state index in [0.717, 1.165) is 13.1 Å². The van der Waals surface area contributed by atoms with Crippen LogP contribution in [-0.2, 0) is 0 Å². The van der Waals surface area contributed by atoms with E-state index in [2.05, 4.69) is 19.2 Å². The van der Waals surface area contributed by atoms with E-state index in [-0.39, 0.29) is 0 Å². The summed E-state index contributed by atoms with van der Waals surface area (Å²) in [6.45, 7) is 6.07. The maximum Gasteiger partial charge on any atom is 0.00714 e. The Morgan fingerprint density at radius 2 is 1.70 bits per heavy atom. The molecule has 0 amide bonds. The highest BCUT2D eigenvalue weighted by Crippen LogP contribution is 1.88. The Morgan fingerprint density at radius 3 is 1.70 bits per heavy atom. The fourth-order valence-corrected chi connectivity index (χ4v) is 0.498. The van der Waals surface area contributed by atoms with Crippen LogP contribution in [-0.4, -0.2) is 20.1 Å². The first-order valence-electron chi connectivity index (χ1n) is 4.18. The lowest BCUT2D eigenvalue weighted by Crippen LogP contribution is -2.17. The predicted octanol–water partition coefficient (Wildman–Crippen LogP) is 1.36. The molecule has 0 aromatic carbocycles. The molecular weight excluding hydrogens is 124 g/mol. The van der Waals surface area contributed by atoms with E-state index < -0.39 is 0 Å². The van der Waals surface area contributed by atoms with Gasteiger partial charge in [-0.05, 0) is 7.05 Å². The summed E-state index contributed by atoms with van der Waals surface area (Å²) in [6.07, 6.45) is 4.08. The molecule has 0 unspecified atom stereocenters. The Bertz CT molecular complexity index is 28.2. The zero-order chi connectivity index (χ0) is 8.24. The van der Waals surface area contributed by atoms with E-state index in [1.54, 1.807) is 0 Å². The first-order chi connectivity index (χ1) is 4.83. The lowest BCUT2D eigenvalue weighted by atomic mass is 10.3. The molecule has 2 nitrogen and oxygen atoms in total. The SMILES string of the molecule is CCCCC.CNCCN. The topological polar surface area (TPSA) is 38.0 Å². The van der Waals surface area contributed by atoms with Crippen molar-refractivity contribution in [2.45, 2.75) is 33.1 Å². The van der Waals surface area contributed by atoms with Crippen molar-refractivity contribution in [1.29, 1.82) is 0 Å². The monoisotopic (exact) mass is 146 g/mol. The minimum atomic E-state index is 0.733. The van der Waals surface area contributed by atoms with Gasteiger partial charge in [0.15, 0.2) is 0 Å². The highest BCUT2D eigenvalue weighted by atomic mass is 14.8. The zero-order valence-electron chi connectivity index (χ0n) is 7.61. The van der Waals surface area contributed by atoms with Gasteiger partial charge in [-0.3, -0.25) is 0 Å². The quantitative estimate of drug-likeness (QED) is 0.628. The van der Waals surface area contributed by atoms with Crippen molar-refractivity contribution >= 4 is 0 Å². The Morgan fingerprint density at radius 1 is 1.20 bits per heavy atom. The molecule has 0 spiro atoms. The van der Waals surface area contributed by atoms with E-state index in [1.807, 2.05) is 7.05 Å². The van der Waals surface area contributed by atoms with Crippen LogP contribution in [0.1, 0.15) is 33.1 Å². The number of hydrogen-bond donors (Lipinski definition) is 2. The Labute approximate surface area is 65.2 Å². The standard InChI is InChI=1S/C5H12.C3H10N2/c1-3-5-4-2;1-5-3-2-4/h3-5H2,1-2H3;5H,2-4H2,1H3. The molecule has 2 heteroatoms. The van der Waals surface area contributed by atoms with Crippen LogP contribution < -0.4 is 11.1 Å². The van der Waals surface area contributed by atoms with E-state index in [1.165, 1.54) is 19.3 Å². The van der Waals surface area contributed by atoms with Crippen LogP contribution in [0.5, 0.6) is 0 Å². The molecule has 64 valence electrons. The van der Waals surface area contributed by atoms with Crippen molar-refractivity contribution in [3.05, 3.63) is 0 Å². The van der Waals surface area contributed by atoms with Crippen molar-refractivity contribution in [1.82, 2.24) is 5.32 Å². The zero-order valence-corrected chi connectivity index (χ0v) is 7.61. The molecule has 0 aromatic rings. The molecule has 3 N–H and O–H groups in total. The van der Waals surface area contributed by atoms with Crippen LogP contribution in [0.3, 0.4) is 0 Å². The van der Waals surface area contributed by atoms with Gasteiger partial charge in [0.1, 0.15) is 0 Å². The fourth-order valence-electron chi connectivity index (χ4n) is 0.498. The minimum Gasteiger partial charge on any atom is -0.329 e. The van der Waals surface area contributed by atoms with Gasteiger partial charge in [0.05, 0.1) is 0 Å². The van der Waals surface area contributed by atoms with Gasteiger partial charge in [0.25, 0.3) is 0 Å². The summed E-state index contributed by atoms with van der Waals surface area (Å²) in [5.74, 6) is 0. The molecule has 0 saturated carbocycles. The van der Waals surface area contributed by atoms with Crippen molar-refractivity contribution in [2.75, 3.05) is 20.1 Å². The first kappa shape index (κ1) is 12.6. The summed E-state index contributed by atoms with van der Waals surface area (Å²) in [6, 6.07) is 0. The molecule has 0 heterocycles. The molecule has 0 atom stereocenters. The van der Waals surface area contributed by atoms with Gasteiger partial charge in [-0.15, -0.1) is 0 Å². The van der Waals surface area contributed by atoms with Crippen LogP contribution in [0.2, 0.25) is 0 Å². The van der Waals surface area contributed by atoms with Gasteiger partial charge >= 0.3 is 0 Å². The smallest absolute Gasteiger partial charge is 0.00714 e. The molecule has 0 fully saturated rings. The van der Waals surface area contributed by atoms with Crippen molar-refractivity contribution < 1.29 is 0 Å². The van der Waals surface area contributed by atoms with Gasteiger partial charge < -0.3 is 11.1 Å². The molecule has 0 aliphatic rings. The Hall–Kier alpha value is -0.0800. The second-order valence-electron chi connectivity index (χ2n) is 2.25. The minimum absolute atomic E-state index is 0.733. The fraction of sp³-hybridized carbons (Fsp3) is 1.00. The van der Waals surface area contributed by atoms with Crippen LogP contribution in [0, 0.1) is 0 Å². The molecule has 0 aliphatic carbocycles. The molecular formula is C8H22N2. The number of hydrogen-bond acceptors (Lipinski definition) is 2. The van der Waals surface area contributed by atoms with E-state index >= 15 is 0 Å². The normalized spacial score (nSPS) is 8.40. The largest absolute Gasteiger partial charge is 0.329 e. The van der Waals surface area contributed by atoms with Crippen LogP contribution >= 0.6 is 0 Å². The van der Waals surface area contributed by atoms with Gasteiger partial charge in [-0.1, -0.05) is 33.1 Å². The number of likely N-dealkylation sites (N-methyl/N-ethyl adjacent to an activating group) is 1. The lowest BCUT2D eigenvalue weighted by Gasteiger charge is -1.85. The molecule has 0 radical (unpaired) electrons. The highest BCUT2D eigenvalue weighted by Gasteiger charge is 1.68. The van der Waals surface area contributed by atoms with Crippen LogP contribution in [0.15, 0.2) is 0 Å². The second-order valence-corrected chi connectivity index (χ2v) is 2.25. The molecule has 0 rings (SSSR count). The molecule has 0 saturated heterocycles. The maximum atomic E-state index is 5.08. The molecule has 10 heavy (non-hydrogen) atoms. The average Bonchev–Trinajstić information content (AvgIpc) is 1.93. The van der Waals surface area contributed by atoms with Gasteiger partial charge in [0.2, 0.25) is 0 Å². The number of nitrogens with one attached hydrogen (secondary N) is 1. The van der Waals surface area contributed by atoms with Gasteiger partial charge in [-0.25, -0.2) is 0 Å². The van der Waals surface area contributed by atoms with Crippen molar-refractivity contribution in [2.24, 2.45) is 5.73 Å². The Kier molecular flexibility index (Phi) is 20.1. The number of nitrogens with two attached hydrogens (primary N) is 1. The van der Waals surface area contributed by atoms with E-state index in [0.29, 0.717) is 0 Å². The summed E-state index contributed by atoms with van der Waals surface area (Å²) in [4.78, 5) is 0. The average molecular weight is 146 g/mol. The van der Waals surface area contributed by atoms with Crippen LogP contribution in [0.4, 0.5) is 0 Å². The summed E-state index contributed by atoms with van der Waals surface area (Å²) in [5.41, 5.74) is 5.08. The maximum absolute atomic E-state index is 5.08. The molecule has 0 aliphatic heterocycles. The summed E-state index contributed by atoms with van der Waals surface area (Å²) >= 11 is 0. The number of unbranched alkanes of at least 4 members (excludes halogenated alkanes) is 2. The van der Waals surface area contributed by atoms with Crippen molar-refractivity contribution in [3.63, 3.8) is 0 Å². The highest BCUT2D eigenvalue weighted by molar-refractivity contribution is 4.33. The van der Waals surface area contributed by atoms with Crippen molar-refractivity contribution in [3.8, 4) is 0 Å². The third-order valence-electron chi connectivity index (χ3n) is 1.10. The summed E-state index contributed by atoms with van der Waals surface area (Å²) < 4.78 is 0.